The van der Waals surface area contributed by atoms with E-state index in [1.807, 2.05) is 19.2 Å². The third-order valence-corrected chi connectivity index (χ3v) is 3.41. The van der Waals surface area contributed by atoms with Crippen LogP contribution < -0.4 is 4.43 Å². The fraction of sp³-hybridized carbons (Fsp3) is 0.286. The zero-order valence-electron chi connectivity index (χ0n) is 11.8. The van der Waals surface area contributed by atoms with Gasteiger partial charge in [-0.2, -0.15) is 5.10 Å². The van der Waals surface area contributed by atoms with Gasteiger partial charge in [0.1, 0.15) is 11.4 Å². The Hall–Kier alpha value is -1.88. The molecule has 4 nitrogen and oxygen atoms in total. The van der Waals surface area contributed by atoms with Crippen LogP contribution in [0.4, 0.5) is 5.69 Å². The lowest BCUT2D eigenvalue weighted by molar-refractivity contribution is 0.581. The van der Waals surface area contributed by atoms with Gasteiger partial charge in [-0.05, 0) is 44.6 Å². The van der Waals surface area contributed by atoms with Crippen molar-refractivity contribution in [2.45, 2.75) is 26.9 Å². The van der Waals surface area contributed by atoms with Crippen LogP contribution in [0.15, 0.2) is 35.6 Å². The van der Waals surface area contributed by atoms with Gasteiger partial charge in [0.05, 0.1) is 6.20 Å². The Balaban J connectivity index is 2.36. The van der Waals surface area contributed by atoms with E-state index in [1.165, 1.54) is 5.56 Å². The summed E-state index contributed by atoms with van der Waals surface area (Å²) in [6.07, 6.45) is 3.61. The number of aryl methyl sites for hydroxylation is 1. The normalized spacial score (nSPS) is 11.9. The van der Waals surface area contributed by atoms with E-state index in [1.54, 1.807) is 6.20 Å². The minimum absolute atomic E-state index is 0.879. The fourth-order valence-corrected chi connectivity index (χ4v) is 2.45. The molecule has 2 rings (SSSR count). The monoisotopic (exact) mass is 273 g/mol. The summed E-state index contributed by atoms with van der Waals surface area (Å²) in [6.45, 7) is 8.34. The first-order valence-electron chi connectivity index (χ1n) is 6.38. The van der Waals surface area contributed by atoms with Gasteiger partial charge >= 0.3 is 0 Å². The zero-order chi connectivity index (χ0) is 13.8. The van der Waals surface area contributed by atoms with Crippen LogP contribution in [0.5, 0.6) is 5.75 Å². The van der Waals surface area contributed by atoms with E-state index in [9.17, 15) is 0 Å². The number of H-pyrrole nitrogens is 1. The molecule has 0 aliphatic heterocycles. The van der Waals surface area contributed by atoms with E-state index in [0.717, 1.165) is 22.7 Å². The average Bonchev–Trinajstić information content (AvgIpc) is 2.85. The molecule has 0 bridgehead atoms. The quantitative estimate of drug-likeness (QED) is 0.687. The molecule has 0 amide bonds. The molecule has 0 saturated carbocycles. The standard InChI is InChI=1S/C14H19N3OSi/c1-10-5-6-13(14(7-10)18-19(3)4)17-11(2)12-8-15-16-9-12/h5-9,19H,1-4H3,(H,15,16). The lowest BCUT2D eigenvalue weighted by Crippen LogP contribution is -2.11. The second kappa shape index (κ2) is 5.84. The summed E-state index contributed by atoms with van der Waals surface area (Å²) in [7, 11) is -1.14. The van der Waals surface area contributed by atoms with Crippen LogP contribution in [-0.2, 0) is 0 Å². The number of hydrogen-bond acceptors (Lipinski definition) is 3. The van der Waals surface area contributed by atoms with Crippen LogP contribution in [-0.4, -0.2) is 24.9 Å². The summed E-state index contributed by atoms with van der Waals surface area (Å²) >= 11 is 0. The minimum atomic E-state index is -1.14. The van der Waals surface area contributed by atoms with Crippen molar-refractivity contribution in [1.82, 2.24) is 10.2 Å². The first-order chi connectivity index (χ1) is 9.06. The lowest BCUT2D eigenvalue weighted by Gasteiger charge is -2.13. The fourth-order valence-electron chi connectivity index (χ4n) is 1.76. The van der Waals surface area contributed by atoms with E-state index in [4.69, 9.17) is 4.43 Å². The van der Waals surface area contributed by atoms with E-state index >= 15 is 0 Å². The van der Waals surface area contributed by atoms with Crippen molar-refractivity contribution < 1.29 is 4.43 Å². The Morgan fingerprint density at radius 2 is 2.16 bits per heavy atom. The molecule has 0 aliphatic rings. The highest BCUT2D eigenvalue weighted by atomic mass is 28.3. The number of rotatable bonds is 4. The molecule has 1 aromatic carbocycles. The molecule has 0 spiro atoms. The third-order valence-electron chi connectivity index (χ3n) is 2.68. The highest BCUT2D eigenvalue weighted by molar-refractivity contribution is 6.49. The summed E-state index contributed by atoms with van der Waals surface area (Å²) in [5.41, 5.74) is 3.98. The van der Waals surface area contributed by atoms with Crippen molar-refractivity contribution >= 4 is 20.4 Å². The molecule has 0 aliphatic carbocycles. The number of aromatic amines is 1. The SMILES string of the molecule is CC(=Nc1ccc(C)cc1O[SiH](C)C)c1cn[nH]c1. The second-order valence-corrected chi connectivity index (χ2v) is 7.16. The molecule has 1 heterocycles. The van der Waals surface area contributed by atoms with Crippen molar-refractivity contribution in [3.8, 4) is 5.75 Å². The summed E-state index contributed by atoms with van der Waals surface area (Å²) in [4.78, 5) is 4.65. The van der Waals surface area contributed by atoms with E-state index in [2.05, 4.69) is 47.3 Å². The number of hydrogen-bond donors (Lipinski definition) is 1. The van der Waals surface area contributed by atoms with Gasteiger partial charge in [0.2, 0.25) is 9.04 Å². The van der Waals surface area contributed by atoms with Gasteiger partial charge in [-0.3, -0.25) is 5.10 Å². The maximum atomic E-state index is 5.95. The summed E-state index contributed by atoms with van der Waals surface area (Å²) < 4.78 is 5.95. The van der Waals surface area contributed by atoms with Crippen LogP contribution in [0.25, 0.3) is 0 Å². The molecule has 0 atom stereocenters. The number of aliphatic imine (C=N–C) groups is 1. The molecule has 100 valence electrons. The van der Waals surface area contributed by atoms with Crippen LogP contribution in [0.1, 0.15) is 18.1 Å². The Morgan fingerprint density at radius 3 is 2.79 bits per heavy atom. The number of aromatic nitrogens is 2. The first kappa shape index (κ1) is 13.5. The zero-order valence-corrected chi connectivity index (χ0v) is 12.9. The van der Waals surface area contributed by atoms with Crippen molar-refractivity contribution in [3.05, 3.63) is 41.7 Å². The molecule has 0 saturated heterocycles. The summed E-state index contributed by atoms with van der Waals surface area (Å²) in [5, 5.41) is 6.74. The average molecular weight is 273 g/mol. The van der Waals surface area contributed by atoms with Crippen molar-refractivity contribution in [2.75, 3.05) is 0 Å². The molecular formula is C14H19N3OSi. The highest BCUT2D eigenvalue weighted by Gasteiger charge is 2.07. The predicted molar refractivity (Wildman–Crippen MR) is 81.1 cm³/mol. The summed E-state index contributed by atoms with van der Waals surface area (Å²) in [6, 6.07) is 6.11. The molecule has 19 heavy (non-hydrogen) atoms. The van der Waals surface area contributed by atoms with Gasteiger partial charge in [-0.15, -0.1) is 0 Å². The minimum Gasteiger partial charge on any atom is -0.546 e. The number of benzene rings is 1. The Bertz CT molecular complexity index is 576. The second-order valence-electron chi connectivity index (χ2n) is 4.82. The Labute approximate surface area is 115 Å². The third kappa shape index (κ3) is 3.54. The smallest absolute Gasteiger partial charge is 0.229 e. The molecule has 1 N–H and O–H groups in total. The van der Waals surface area contributed by atoms with Crippen molar-refractivity contribution in [3.63, 3.8) is 0 Å². The van der Waals surface area contributed by atoms with Gasteiger partial charge in [-0.1, -0.05) is 6.07 Å². The molecule has 2 aromatic rings. The summed E-state index contributed by atoms with van der Waals surface area (Å²) in [5.74, 6) is 0.879. The molecule has 0 fully saturated rings. The number of nitrogens with zero attached hydrogens (tertiary/aromatic N) is 2. The van der Waals surface area contributed by atoms with Gasteiger partial charge in [0, 0.05) is 17.5 Å². The van der Waals surface area contributed by atoms with E-state index in [0.29, 0.717) is 0 Å². The Morgan fingerprint density at radius 1 is 1.37 bits per heavy atom. The van der Waals surface area contributed by atoms with E-state index < -0.39 is 9.04 Å². The molecule has 0 unspecified atom stereocenters. The van der Waals surface area contributed by atoms with Gasteiger partial charge < -0.3 is 4.43 Å². The largest absolute Gasteiger partial charge is 0.546 e. The highest BCUT2D eigenvalue weighted by Crippen LogP contribution is 2.29. The van der Waals surface area contributed by atoms with Crippen molar-refractivity contribution in [2.24, 2.45) is 4.99 Å². The number of nitrogens with one attached hydrogen (secondary N) is 1. The van der Waals surface area contributed by atoms with Crippen LogP contribution in [0.3, 0.4) is 0 Å². The van der Waals surface area contributed by atoms with Crippen LogP contribution in [0, 0.1) is 6.92 Å². The maximum Gasteiger partial charge on any atom is 0.229 e. The molecule has 0 radical (unpaired) electrons. The van der Waals surface area contributed by atoms with Gasteiger partial charge in [0.25, 0.3) is 0 Å². The maximum absolute atomic E-state index is 5.95. The van der Waals surface area contributed by atoms with Gasteiger partial charge in [0.15, 0.2) is 0 Å². The van der Waals surface area contributed by atoms with Gasteiger partial charge in [-0.25, -0.2) is 4.99 Å². The molecule has 5 heteroatoms. The Kier molecular flexibility index (Phi) is 4.16. The lowest BCUT2D eigenvalue weighted by atomic mass is 10.2. The first-order valence-corrected chi connectivity index (χ1v) is 9.16. The van der Waals surface area contributed by atoms with Crippen molar-refractivity contribution in [1.29, 1.82) is 0 Å². The topological polar surface area (TPSA) is 50.3 Å². The van der Waals surface area contributed by atoms with Crippen LogP contribution >= 0.6 is 0 Å². The molecular weight excluding hydrogens is 254 g/mol. The van der Waals surface area contributed by atoms with Crippen LogP contribution in [0.2, 0.25) is 13.1 Å². The predicted octanol–water partition coefficient (Wildman–Crippen LogP) is 3.22. The molecule has 1 aromatic heterocycles. The van der Waals surface area contributed by atoms with E-state index in [-0.39, 0.29) is 0 Å².